The zero-order valence-electron chi connectivity index (χ0n) is 15.2. The van der Waals surface area contributed by atoms with E-state index in [0.717, 1.165) is 21.5 Å². The maximum Gasteiger partial charge on any atom is 0.280 e. The van der Waals surface area contributed by atoms with Crippen LogP contribution in [-0.4, -0.2) is 29.8 Å². The molecule has 1 aromatic carbocycles. The Bertz CT molecular complexity index is 1050. The normalized spacial score (nSPS) is 11.1. The topological polar surface area (TPSA) is 82.5 Å². The number of carbonyl (C=O) groups excluding carboxylic acids is 1. The first kappa shape index (κ1) is 18.7. The molecular weight excluding hydrogens is 366 g/mol. The molecule has 3 rings (SSSR count). The second kappa shape index (κ2) is 8.05. The first-order chi connectivity index (χ1) is 13.0. The monoisotopic (exact) mass is 385 g/mol. The number of ether oxygens (including phenoxy) is 2. The van der Waals surface area contributed by atoms with Crippen LogP contribution >= 0.6 is 11.3 Å². The van der Waals surface area contributed by atoms with Gasteiger partial charge in [-0.1, -0.05) is 6.92 Å². The summed E-state index contributed by atoms with van der Waals surface area (Å²) in [6.45, 7) is 2.02. The minimum Gasteiger partial charge on any atom is -0.497 e. The molecule has 0 spiro atoms. The molecule has 0 saturated carbocycles. The lowest BCUT2D eigenvalue weighted by atomic mass is 10.2. The maximum atomic E-state index is 12.5. The number of amides is 1. The van der Waals surface area contributed by atoms with Gasteiger partial charge in [0.2, 0.25) is 0 Å². The molecular formula is C19H19N3O4S. The molecule has 0 bridgehead atoms. The van der Waals surface area contributed by atoms with Gasteiger partial charge in [-0.3, -0.25) is 15.0 Å². The van der Waals surface area contributed by atoms with Crippen LogP contribution in [0.5, 0.6) is 11.5 Å². The van der Waals surface area contributed by atoms with Gasteiger partial charge in [-0.05, 0) is 36.3 Å². The molecule has 27 heavy (non-hydrogen) atoms. The lowest BCUT2D eigenvalue weighted by Crippen LogP contribution is -2.32. The number of nitrogens with one attached hydrogen (secondary N) is 1. The van der Waals surface area contributed by atoms with Crippen LogP contribution in [0, 0.1) is 0 Å². The number of nitrogens with zero attached hydrogens (tertiary/aromatic N) is 2. The third kappa shape index (κ3) is 4.17. The molecule has 0 aliphatic carbocycles. The van der Waals surface area contributed by atoms with Gasteiger partial charge in [0.1, 0.15) is 22.7 Å². The number of benzene rings is 1. The number of thiophene rings is 1. The van der Waals surface area contributed by atoms with E-state index in [1.54, 1.807) is 38.5 Å². The number of hydrogen-bond acceptors (Lipinski definition) is 6. The first-order valence-corrected chi connectivity index (χ1v) is 9.08. The summed E-state index contributed by atoms with van der Waals surface area (Å²) < 4.78 is 11.5. The van der Waals surface area contributed by atoms with Crippen molar-refractivity contribution in [1.29, 1.82) is 0 Å². The van der Waals surface area contributed by atoms with E-state index in [2.05, 4.69) is 10.4 Å². The molecule has 7 nitrogen and oxygen atoms in total. The van der Waals surface area contributed by atoms with Gasteiger partial charge >= 0.3 is 0 Å². The minimum absolute atomic E-state index is 0.305. The van der Waals surface area contributed by atoms with Crippen molar-refractivity contribution in [3.05, 3.63) is 57.5 Å². The van der Waals surface area contributed by atoms with Crippen molar-refractivity contribution < 1.29 is 14.3 Å². The highest BCUT2D eigenvalue weighted by Crippen LogP contribution is 2.23. The number of aromatic nitrogens is 2. The molecule has 0 fully saturated rings. The van der Waals surface area contributed by atoms with Crippen LogP contribution in [0.15, 0.2) is 41.5 Å². The zero-order chi connectivity index (χ0) is 19.4. The SMILES string of the molecule is CCc1cc2c(=O)n(NC(=O)C=Cc3cc(OC)cc(OC)c3)cnc2s1. The van der Waals surface area contributed by atoms with Gasteiger partial charge in [0.05, 0.1) is 19.6 Å². The Balaban J connectivity index is 1.80. The van der Waals surface area contributed by atoms with Gasteiger partial charge in [-0.25, -0.2) is 9.66 Å². The summed E-state index contributed by atoms with van der Waals surface area (Å²) in [5.41, 5.74) is 2.94. The zero-order valence-corrected chi connectivity index (χ0v) is 16.0. The quantitative estimate of drug-likeness (QED) is 0.660. The van der Waals surface area contributed by atoms with Gasteiger partial charge in [0.25, 0.3) is 11.5 Å². The molecule has 0 atom stereocenters. The summed E-state index contributed by atoms with van der Waals surface area (Å²) in [5, 5.41) is 0.501. The number of hydrogen-bond donors (Lipinski definition) is 1. The molecule has 0 aliphatic heterocycles. The summed E-state index contributed by atoms with van der Waals surface area (Å²) >= 11 is 1.48. The maximum absolute atomic E-state index is 12.5. The van der Waals surface area contributed by atoms with E-state index in [0.29, 0.717) is 21.7 Å². The van der Waals surface area contributed by atoms with E-state index in [4.69, 9.17) is 9.47 Å². The molecule has 140 valence electrons. The van der Waals surface area contributed by atoms with Crippen molar-refractivity contribution in [3.8, 4) is 11.5 Å². The van der Waals surface area contributed by atoms with Crippen molar-refractivity contribution in [2.45, 2.75) is 13.3 Å². The molecule has 1 N–H and O–H groups in total. The molecule has 2 aromatic heterocycles. The molecule has 0 radical (unpaired) electrons. The fourth-order valence-corrected chi connectivity index (χ4v) is 3.41. The van der Waals surface area contributed by atoms with E-state index >= 15 is 0 Å². The Morgan fingerprint density at radius 2 is 1.93 bits per heavy atom. The Morgan fingerprint density at radius 1 is 1.22 bits per heavy atom. The number of carbonyl (C=O) groups is 1. The van der Waals surface area contributed by atoms with Crippen LogP contribution in [0.3, 0.4) is 0 Å². The minimum atomic E-state index is -0.453. The predicted molar refractivity (Wildman–Crippen MR) is 106 cm³/mol. The molecule has 0 saturated heterocycles. The fourth-order valence-electron chi connectivity index (χ4n) is 2.48. The Hall–Kier alpha value is -3.13. The lowest BCUT2D eigenvalue weighted by Gasteiger charge is -2.06. The summed E-state index contributed by atoms with van der Waals surface area (Å²) in [6.07, 6.45) is 5.09. The van der Waals surface area contributed by atoms with E-state index in [-0.39, 0.29) is 5.56 Å². The highest BCUT2D eigenvalue weighted by molar-refractivity contribution is 7.18. The average molecular weight is 385 g/mol. The Morgan fingerprint density at radius 3 is 2.56 bits per heavy atom. The third-order valence-corrected chi connectivity index (χ3v) is 5.07. The smallest absolute Gasteiger partial charge is 0.280 e. The summed E-state index contributed by atoms with van der Waals surface area (Å²) in [4.78, 5) is 30.7. The number of aryl methyl sites for hydroxylation is 1. The van der Waals surface area contributed by atoms with Crippen molar-refractivity contribution in [1.82, 2.24) is 9.66 Å². The molecule has 0 unspecified atom stereocenters. The van der Waals surface area contributed by atoms with Crippen molar-refractivity contribution in [2.75, 3.05) is 19.6 Å². The van der Waals surface area contributed by atoms with E-state index < -0.39 is 5.91 Å². The van der Waals surface area contributed by atoms with Crippen LogP contribution in [-0.2, 0) is 11.2 Å². The Kier molecular flexibility index (Phi) is 5.56. The molecule has 0 aliphatic rings. The van der Waals surface area contributed by atoms with Crippen molar-refractivity contribution in [2.24, 2.45) is 0 Å². The molecule has 3 aromatic rings. The van der Waals surface area contributed by atoms with Gasteiger partial charge in [0, 0.05) is 17.0 Å². The predicted octanol–water partition coefficient (Wildman–Crippen LogP) is 2.82. The van der Waals surface area contributed by atoms with Crippen LogP contribution < -0.4 is 20.5 Å². The summed E-state index contributed by atoms with van der Waals surface area (Å²) in [7, 11) is 3.11. The summed E-state index contributed by atoms with van der Waals surface area (Å²) in [5.74, 6) is 0.778. The van der Waals surface area contributed by atoms with Crippen LogP contribution in [0.2, 0.25) is 0 Å². The number of fused-ring (bicyclic) bond motifs is 1. The number of methoxy groups -OCH3 is 2. The van der Waals surface area contributed by atoms with Crippen molar-refractivity contribution >= 4 is 33.5 Å². The molecule has 1 amide bonds. The second-order valence-electron chi connectivity index (χ2n) is 5.66. The standard InChI is InChI=1S/C19H19N3O4S/c1-4-15-10-16-18(27-15)20-11-22(19(16)24)21-17(23)6-5-12-7-13(25-2)9-14(8-12)26-3/h5-11H,4H2,1-3H3,(H,21,23). The fraction of sp³-hybridized carbons (Fsp3) is 0.211. The van der Waals surface area contributed by atoms with E-state index in [9.17, 15) is 9.59 Å². The largest absolute Gasteiger partial charge is 0.497 e. The van der Waals surface area contributed by atoms with E-state index in [1.807, 2.05) is 13.0 Å². The lowest BCUT2D eigenvalue weighted by molar-refractivity contribution is -0.112. The van der Waals surface area contributed by atoms with Crippen LogP contribution in [0.1, 0.15) is 17.4 Å². The van der Waals surface area contributed by atoms with Crippen molar-refractivity contribution in [3.63, 3.8) is 0 Å². The van der Waals surface area contributed by atoms with Gasteiger partial charge in [-0.2, -0.15) is 0 Å². The first-order valence-electron chi connectivity index (χ1n) is 8.26. The molecule has 8 heteroatoms. The van der Waals surface area contributed by atoms with Gasteiger partial charge in [-0.15, -0.1) is 11.3 Å². The highest BCUT2D eigenvalue weighted by atomic mass is 32.1. The second-order valence-corrected chi connectivity index (χ2v) is 6.78. The highest BCUT2D eigenvalue weighted by Gasteiger charge is 2.09. The third-order valence-electron chi connectivity index (χ3n) is 3.88. The molecule has 2 heterocycles. The van der Waals surface area contributed by atoms with Crippen LogP contribution in [0.4, 0.5) is 0 Å². The Labute approximate surface area is 159 Å². The average Bonchev–Trinajstić information content (AvgIpc) is 3.12. The number of rotatable bonds is 6. The van der Waals surface area contributed by atoms with Gasteiger partial charge < -0.3 is 9.47 Å². The van der Waals surface area contributed by atoms with Crippen LogP contribution in [0.25, 0.3) is 16.3 Å². The van der Waals surface area contributed by atoms with E-state index in [1.165, 1.54) is 23.7 Å². The van der Waals surface area contributed by atoms with Gasteiger partial charge in [0.15, 0.2) is 0 Å². The summed E-state index contributed by atoms with van der Waals surface area (Å²) in [6, 6.07) is 7.09.